The van der Waals surface area contributed by atoms with Crippen LogP contribution in [0.4, 0.5) is 4.39 Å². The minimum Gasteiger partial charge on any atom is -0.424 e. The molecule has 0 saturated carbocycles. The second-order valence-electron chi connectivity index (χ2n) is 4.00. The Labute approximate surface area is 115 Å². The summed E-state index contributed by atoms with van der Waals surface area (Å²) in [4.78, 5) is 4.35. The summed E-state index contributed by atoms with van der Waals surface area (Å²) < 4.78 is 21.0. The van der Waals surface area contributed by atoms with Crippen LogP contribution in [-0.4, -0.2) is 25.0 Å². The van der Waals surface area contributed by atoms with E-state index in [1.807, 2.05) is 11.4 Å². The molecular formula is C12H6FN5OS. The van der Waals surface area contributed by atoms with Gasteiger partial charge in [-0.05, 0) is 34.0 Å². The number of tetrazole rings is 1. The van der Waals surface area contributed by atoms with Crippen molar-refractivity contribution in [2.45, 2.75) is 0 Å². The maximum Gasteiger partial charge on any atom is 0.327 e. The summed E-state index contributed by atoms with van der Waals surface area (Å²) in [5.74, 6) is -0.0454. The zero-order valence-corrected chi connectivity index (χ0v) is 10.7. The Morgan fingerprint density at radius 1 is 1.25 bits per heavy atom. The third kappa shape index (κ3) is 1.69. The van der Waals surface area contributed by atoms with E-state index in [4.69, 9.17) is 4.74 Å². The summed E-state index contributed by atoms with van der Waals surface area (Å²) in [6, 6.07) is 7.86. The number of rotatable bonds is 2. The molecule has 0 spiro atoms. The molecule has 98 valence electrons. The highest BCUT2D eigenvalue weighted by Crippen LogP contribution is 2.27. The predicted octanol–water partition coefficient (Wildman–Crippen LogP) is 2.67. The van der Waals surface area contributed by atoms with Gasteiger partial charge in [0.05, 0.1) is 10.2 Å². The fourth-order valence-corrected chi connectivity index (χ4v) is 2.67. The molecule has 0 aliphatic heterocycles. The molecule has 0 N–H and O–H groups in total. The Balaban J connectivity index is 1.91. The minimum atomic E-state index is -0.382. The van der Waals surface area contributed by atoms with Gasteiger partial charge in [0.2, 0.25) is 5.65 Å². The van der Waals surface area contributed by atoms with Crippen LogP contribution >= 0.6 is 11.3 Å². The van der Waals surface area contributed by atoms with Crippen LogP contribution in [0.2, 0.25) is 0 Å². The number of ether oxygens (including phenoxy) is 1. The SMILES string of the molecule is Fc1cccc(Oc2nc3ccsc3c3nnnn23)c1. The van der Waals surface area contributed by atoms with Crippen molar-refractivity contribution in [3.8, 4) is 11.8 Å². The van der Waals surface area contributed by atoms with Gasteiger partial charge >= 0.3 is 6.01 Å². The van der Waals surface area contributed by atoms with E-state index in [1.165, 1.54) is 28.0 Å². The maximum atomic E-state index is 13.2. The van der Waals surface area contributed by atoms with E-state index >= 15 is 0 Å². The van der Waals surface area contributed by atoms with Crippen LogP contribution in [-0.2, 0) is 0 Å². The number of hydrogen-bond acceptors (Lipinski definition) is 6. The number of nitrogens with zero attached hydrogens (tertiary/aromatic N) is 5. The van der Waals surface area contributed by atoms with Crippen molar-refractivity contribution in [3.63, 3.8) is 0 Å². The molecule has 4 rings (SSSR count). The third-order valence-electron chi connectivity index (χ3n) is 2.72. The van der Waals surface area contributed by atoms with Crippen molar-refractivity contribution in [2.75, 3.05) is 0 Å². The number of benzene rings is 1. The lowest BCUT2D eigenvalue weighted by molar-refractivity contribution is 0.422. The molecule has 20 heavy (non-hydrogen) atoms. The Bertz CT molecular complexity index is 918. The molecule has 0 bridgehead atoms. The lowest BCUT2D eigenvalue weighted by Crippen LogP contribution is -1.99. The molecule has 3 aromatic heterocycles. The van der Waals surface area contributed by atoms with E-state index in [2.05, 4.69) is 20.5 Å². The topological polar surface area (TPSA) is 65.2 Å². The van der Waals surface area contributed by atoms with Crippen molar-refractivity contribution in [3.05, 3.63) is 41.5 Å². The van der Waals surface area contributed by atoms with Crippen LogP contribution in [0.1, 0.15) is 0 Å². The second kappa shape index (κ2) is 4.20. The van der Waals surface area contributed by atoms with E-state index < -0.39 is 0 Å². The zero-order chi connectivity index (χ0) is 13.5. The molecule has 4 aromatic rings. The molecular weight excluding hydrogens is 281 g/mol. The third-order valence-corrected chi connectivity index (χ3v) is 3.62. The Hall–Kier alpha value is -2.61. The number of hydrogen-bond donors (Lipinski definition) is 0. The fraction of sp³-hybridized carbons (Fsp3) is 0. The summed E-state index contributed by atoms with van der Waals surface area (Å²) >= 11 is 1.50. The molecule has 0 aliphatic carbocycles. The summed E-state index contributed by atoms with van der Waals surface area (Å²) in [6.45, 7) is 0. The summed E-state index contributed by atoms with van der Waals surface area (Å²) in [6.07, 6.45) is 0. The summed E-state index contributed by atoms with van der Waals surface area (Å²) in [5, 5.41) is 13.3. The summed E-state index contributed by atoms with van der Waals surface area (Å²) in [7, 11) is 0. The van der Waals surface area contributed by atoms with Crippen LogP contribution in [0.3, 0.4) is 0 Å². The van der Waals surface area contributed by atoms with Crippen LogP contribution in [0.5, 0.6) is 11.8 Å². The van der Waals surface area contributed by atoms with E-state index in [-0.39, 0.29) is 11.8 Å². The molecule has 0 fully saturated rings. The smallest absolute Gasteiger partial charge is 0.327 e. The first-order chi connectivity index (χ1) is 9.81. The van der Waals surface area contributed by atoms with Crippen molar-refractivity contribution in [1.29, 1.82) is 0 Å². The highest BCUT2D eigenvalue weighted by atomic mass is 32.1. The minimum absolute atomic E-state index is 0.196. The average Bonchev–Trinajstić information content (AvgIpc) is 3.06. The summed E-state index contributed by atoms with van der Waals surface area (Å²) in [5.41, 5.74) is 1.31. The molecule has 6 nitrogen and oxygen atoms in total. The van der Waals surface area contributed by atoms with Gasteiger partial charge < -0.3 is 4.74 Å². The largest absolute Gasteiger partial charge is 0.424 e. The van der Waals surface area contributed by atoms with Crippen molar-refractivity contribution < 1.29 is 9.13 Å². The number of halogens is 1. The first kappa shape index (κ1) is 11.2. The van der Waals surface area contributed by atoms with Crippen molar-refractivity contribution in [2.24, 2.45) is 0 Å². The van der Waals surface area contributed by atoms with Crippen LogP contribution in [0.25, 0.3) is 15.9 Å². The van der Waals surface area contributed by atoms with Crippen molar-refractivity contribution >= 4 is 27.2 Å². The van der Waals surface area contributed by atoms with E-state index in [0.29, 0.717) is 11.4 Å². The Morgan fingerprint density at radius 3 is 3.10 bits per heavy atom. The van der Waals surface area contributed by atoms with Gasteiger partial charge in [-0.2, -0.15) is 4.98 Å². The van der Waals surface area contributed by atoms with Crippen LogP contribution in [0, 0.1) is 5.82 Å². The number of thiophene rings is 1. The fourth-order valence-electron chi connectivity index (χ4n) is 1.87. The van der Waals surface area contributed by atoms with Gasteiger partial charge in [-0.25, -0.2) is 4.39 Å². The molecule has 8 heteroatoms. The van der Waals surface area contributed by atoms with E-state index in [1.54, 1.807) is 12.1 Å². The first-order valence-corrected chi connectivity index (χ1v) is 6.58. The highest BCUT2D eigenvalue weighted by molar-refractivity contribution is 7.17. The zero-order valence-electron chi connectivity index (χ0n) is 9.89. The first-order valence-electron chi connectivity index (χ1n) is 5.70. The molecule has 0 aliphatic rings. The second-order valence-corrected chi connectivity index (χ2v) is 4.92. The predicted molar refractivity (Wildman–Crippen MR) is 70.4 cm³/mol. The number of aromatic nitrogens is 5. The normalized spacial score (nSPS) is 11.2. The van der Waals surface area contributed by atoms with E-state index in [0.717, 1.165) is 10.2 Å². The van der Waals surface area contributed by atoms with Crippen LogP contribution < -0.4 is 4.74 Å². The average molecular weight is 287 g/mol. The molecule has 3 heterocycles. The van der Waals surface area contributed by atoms with Crippen LogP contribution in [0.15, 0.2) is 35.7 Å². The van der Waals surface area contributed by atoms with Crippen molar-refractivity contribution in [1.82, 2.24) is 25.0 Å². The van der Waals surface area contributed by atoms with Gasteiger partial charge in [0.15, 0.2) is 0 Å². The van der Waals surface area contributed by atoms with Gasteiger partial charge in [0, 0.05) is 6.07 Å². The van der Waals surface area contributed by atoms with Gasteiger partial charge in [0.1, 0.15) is 11.6 Å². The molecule has 1 aromatic carbocycles. The lowest BCUT2D eigenvalue weighted by atomic mass is 10.3. The Morgan fingerprint density at radius 2 is 2.20 bits per heavy atom. The van der Waals surface area contributed by atoms with E-state index in [9.17, 15) is 4.39 Å². The molecule has 0 atom stereocenters. The van der Waals surface area contributed by atoms with Gasteiger partial charge in [-0.1, -0.05) is 6.07 Å². The maximum absolute atomic E-state index is 13.2. The van der Waals surface area contributed by atoms with Gasteiger partial charge in [-0.15, -0.1) is 21.0 Å². The molecule has 0 saturated heterocycles. The highest BCUT2D eigenvalue weighted by Gasteiger charge is 2.14. The molecule has 0 radical (unpaired) electrons. The number of fused-ring (bicyclic) bond motifs is 3. The Kier molecular flexibility index (Phi) is 2.36. The molecule has 0 unspecified atom stereocenters. The lowest BCUT2D eigenvalue weighted by Gasteiger charge is -2.05. The molecule has 0 amide bonds. The van der Waals surface area contributed by atoms with Gasteiger partial charge in [0.25, 0.3) is 0 Å². The standard InChI is InChI=1S/C12H6FN5OS/c13-7-2-1-3-8(6-7)19-12-14-9-4-5-20-10(9)11-15-16-17-18(11)12/h1-6H. The van der Waals surface area contributed by atoms with Gasteiger partial charge in [-0.3, -0.25) is 0 Å². The quantitative estimate of drug-likeness (QED) is 0.567. The monoisotopic (exact) mass is 287 g/mol.